The van der Waals surface area contributed by atoms with Crippen LogP contribution >= 0.6 is 11.3 Å². The van der Waals surface area contributed by atoms with Gasteiger partial charge in [-0.05, 0) is 11.4 Å². The summed E-state index contributed by atoms with van der Waals surface area (Å²) in [5.74, 6) is 7.17. The summed E-state index contributed by atoms with van der Waals surface area (Å²) in [4.78, 5) is 5.58. The van der Waals surface area contributed by atoms with Crippen LogP contribution in [0.3, 0.4) is 0 Å². The van der Waals surface area contributed by atoms with Crippen molar-refractivity contribution >= 4 is 11.3 Å². The van der Waals surface area contributed by atoms with E-state index in [0.717, 1.165) is 17.9 Å². The Hall–Kier alpha value is -1.57. The highest BCUT2D eigenvalue weighted by atomic mass is 32.1. The van der Waals surface area contributed by atoms with E-state index in [4.69, 9.17) is 5.11 Å². The lowest BCUT2D eigenvalue weighted by Crippen LogP contribution is -2.05. The average molecular weight is 260 g/mol. The third-order valence-corrected chi connectivity index (χ3v) is 3.53. The molecule has 0 saturated heterocycles. The van der Waals surface area contributed by atoms with E-state index in [2.05, 4.69) is 35.2 Å². The lowest BCUT2D eigenvalue weighted by Gasteiger charge is -2.09. The van der Waals surface area contributed by atoms with Gasteiger partial charge < -0.3 is 9.67 Å². The summed E-state index contributed by atoms with van der Waals surface area (Å²) in [6, 6.07) is 1.99. The molecule has 0 aromatic carbocycles. The van der Waals surface area contributed by atoms with Gasteiger partial charge in [0.1, 0.15) is 12.4 Å². The predicted octanol–water partition coefficient (Wildman–Crippen LogP) is 2.46. The summed E-state index contributed by atoms with van der Waals surface area (Å²) in [6.07, 6.45) is 3.83. The van der Waals surface area contributed by atoms with Crippen LogP contribution in [-0.2, 0) is 6.54 Å². The summed E-state index contributed by atoms with van der Waals surface area (Å²) >= 11 is 1.69. The fourth-order valence-corrected chi connectivity index (χ4v) is 2.65. The molecule has 0 bridgehead atoms. The standard InChI is InChI=1S/C14H16N2OS/c1-11(2)14-15-6-7-16(14)10-13-12(4-3-8-17)5-9-18-13/h5-7,9,11,17H,8,10H2,1-2H3. The molecule has 0 aliphatic carbocycles. The molecule has 18 heavy (non-hydrogen) atoms. The molecule has 94 valence electrons. The fourth-order valence-electron chi connectivity index (χ4n) is 1.82. The number of nitrogens with zero attached hydrogens (tertiary/aromatic N) is 2. The maximum absolute atomic E-state index is 8.74. The Morgan fingerprint density at radius 1 is 1.50 bits per heavy atom. The number of aromatic nitrogens is 2. The summed E-state index contributed by atoms with van der Waals surface area (Å²) in [5.41, 5.74) is 0.998. The number of thiophene rings is 1. The molecule has 0 radical (unpaired) electrons. The summed E-state index contributed by atoms with van der Waals surface area (Å²) in [6.45, 7) is 4.97. The van der Waals surface area contributed by atoms with E-state index < -0.39 is 0 Å². The van der Waals surface area contributed by atoms with E-state index in [-0.39, 0.29) is 6.61 Å². The molecule has 0 atom stereocenters. The zero-order valence-corrected chi connectivity index (χ0v) is 11.4. The SMILES string of the molecule is CC(C)c1nccn1Cc1sccc1C#CCO. The third-order valence-electron chi connectivity index (χ3n) is 2.63. The molecule has 2 aromatic rings. The van der Waals surface area contributed by atoms with Crippen molar-refractivity contribution in [3.05, 3.63) is 40.1 Å². The Bertz CT molecular complexity index is 572. The number of rotatable bonds is 3. The van der Waals surface area contributed by atoms with Gasteiger partial charge in [0.15, 0.2) is 0 Å². The first kappa shape index (κ1) is 12.9. The van der Waals surface area contributed by atoms with Crippen LogP contribution in [0.5, 0.6) is 0 Å². The molecule has 2 rings (SSSR count). The first-order chi connectivity index (χ1) is 8.72. The minimum absolute atomic E-state index is 0.0996. The van der Waals surface area contributed by atoms with Gasteiger partial charge in [-0.3, -0.25) is 0 Å². The predicted molar refractivity (Wildman–Crippen MR) is 73.7 cm³/mol. The molecule has 3 nitrogen and oxygen atoms in total. The normalized spacial score (nSPS) is 10.4. The maximum atomic E-state index is 8.74. The Balaban J connectivity index is 2.24. The van der Waals surface area contributed by atoms with Crippen molar-refractivity contribution in [2.75, 3.05) is 6.61 Å². The van der Waals surface area contributed by atoms with Crippen molar-refractivity contribution in [3.8, 4) is 11.8 Å². The molecule has 0 fully saturated rings. The first-order valence-corrected chi connectivity index (χ1v) is 6.77. The van der Waals surface area contributed by atoms with Gasteiger partial charge in [0.2, 0.25) is 0 Å². The van der Waals surface area contributed by atoms with Gasteiger partial charge in [-0.25, -0.2) is 4.98 Å². The highest BCUT2D eigenvalue weighted by Crippen LogP contribution is 2.20. The molecule has 0 saturated carbocycles. The second kappa shape index (κ2) is 5.85. The van der Waals surface area contributed by atoms with E-state index >= 15 is 0 Å². The number of aliphatic hydroxyl groups excluding tert-OH is 1. The van der Waals surface area contributed by atoms with Crippen LogP contribution in [-0.4, -0.2) is 21.3 Å². The Kier molecular flexibility index (Phi) is 4.19. The van der Waals surface area contributed by atoms with E-state index in [1.807, 2.05) is 23.8 Å². The molecule has 2 aromatic heterocycles. The molecular weight excluding hydrogens is 244 g/mol. The third kappa shape index (κ3) is 2.81. The van der Waals surface area contributed by atoms with Gasteiger partial charge in [0.25, 0.3) is 0 Å². The van der Waals surface area contributed by atoms with E-state index in [1.54, 1.807) is 11.3 Å². The zero-order valence-electron chi connectivity index (χ0n) is 10.6. The maximum Gasteiger partial charge on any atom is 0.111 e. The van der Waals surface area contributed by atoms with Gasteiger partial charge >= 0.3 is 0 Å². The van der Waals surface area contributed by atoms with Crippen molar-refractivity contribution < 1.29 is 5.11 Å². The quantitative estimate of drug-likeness (QED) is 0.861. The van der Waals surface area contributed by atoms with Crippen LogP contribution in [0, 0.1) is 11.8 Å². The molecule has 0 aliphatic rings. The molecule has 0 aliphatic heterocycles. The number of imidazole rings is 1. The number of aliphatic hydroxyl groups is 1. The van der Waals surface area contributed by atoms with Gasteiger partial charge in [-0.15, -0.1) is 11.3 Å². The Labute approximate surface area is 111 Å². The minimum atomic E-state index is -0.0996. The lowest BCUT2D eigenvalue weighted by molar-refractivity contribution is 0.350. The molecule has 1 N–H and O–H groups in total. The van der Waals surface area contributed by atoms with Crippen LogP contribution in [0.15, 0.2) is 23.8 Å². The van der Waals surface area contributed by atoms with Crippen LogP contribution in [0.2, 0.25) is 0 Å². The highest BCUT2D eigenvalue weighted by Gasteiger charge is 2.09. The Morgan fingerprint density at radius 3 is 3.06 bits per heavy atom. The minimum Gasteiger partial charge on any atom is -0.384 e. The van der Waals surface area contributed by atoms with Crippen molar-refractivity contribution in [2.24, 2.45) is 0 Å². The molecular formula is C14H16N2OS. The van der Waals surface area contributed by atoms with Crippen LogP contribution < -0.4 is 0 Å². The van der Waals surface area contributed by atoms with Crippen molar-refractivity contribution in [1.82, 2.24) is 9.55 Å². The van der Waals surface area contributed by atoms with Gasteiger partial charge in [0.05, 0.1) is 6.54 Å². The fraction of sp³-hybridized carbons (Fsp3) is 0.357. The summed E-state index contributed by atoms with van der Waals surface area (Å²) < 4.78 is 2.15. The zero-order chi connectivity index (χ0) is 13.0. The van der Waals surface area contributed by atoms with Crippen LogP contribution in [0.1, 0.15) is 36.0 Å². The van der Waals surface area contributed by atoms with Gasteiger partial charge in [-0.1, -0.05) is 25.7 Å². The molecule has 0 spiro atoms. The largest absolute Gasteiger partial charge is 0.384 e. The first-order valence-electron chi connectivity index (χ1n) is 5.89. The lowest BCUT2D eigenvalue weighted by atomic mass is 10.2. The smallest absolute Gasteiger partial charge is 0.111 e. The summed E-state index contributed by atoms with van der Waals surface area (Å²) in [7, 11) is 0. The molecule has 0 amide bonds. The van der Waals surface area contributed by atoms with E-state index in [0.29, 0.717) is 5.92 Å². The highest BCUT2D eigenvalue weighted by molar-refractivity contribution is 7.10. The Morgan fingerprint density at radius 2 is 2.33 bits per heavy atom. The van der Waals surface area contributed by atoms with Crippen LogP contribution in [0.4, 0.5) is 0 Å². The molecule has 4 heteroatoms. The van der Waals surface area contributed by atoms with Crippen molar-refractivity contribution in [3.63, 3.8) is 0 Å². The second-order valence-corrected chi connectivity index (χ2v) is 5.29. The van der Waals surface area contributed by atoms with E-state index in [1.165, 1.54) is 4.88 Å². The van der Waals surface area contributed by atoms with Gasteiger partial charge in [-0.2, -0.15) is 0 Å². The van der Waals surface area contributed by atoms with Gasteiger partial charge in [0, 0.05) is 28.8 Å². The average Bonchev–Trinajstić information content (AvgIpc) is 2.96. The van der Waals surface area contributed by atoms with Crippen LogP contribution in [0.25, 0.3) is 0 Å². The molecule has 0 unspecified atom stereocenters. The number of hydrogen-bond acceptors (Lipinski definition) is 3. The van der Waals surface area contributed by atoms with Crippen molar-refractivity contribution in [2.45, 2.75) is 26.3 Å². The molecule has 2 heterocycles. The number of hydrogen-bond donors (Lipinski definition) is 1. The monoisotopic (exact) mass is 260 g/mol. The second-order valence-electron chi connectivity index (χ2n) is 4.29. The summed E-state index contributed by atoms with van der Waals surface area (Å²) in [5, 5.41) is 10.8. The van der Waals surface area contributed by atoms with E-state index in [9.17, 15) is 0 Å². The van der Waals surface area contributed by atoms with Crippen molar-refractivity contribution in [1.29, 1.82) is 0 Å². The topological polar surface area (TPSA) is 38.0 Å².